The van der Waals surface area contributed by atoms with E-state index >= 15 is 0 Å². The Bertz CT molecular complexity index is 348. The van der Waals surface area contributed by atoms with Gasteiger partial charge in [0.05, 0.1) is 0 Å². The smallest absolute Gasteiger partial charge is 0.00956 e. The van der Waals surface area contributed by atoms with Gasteiger partial charge in [-0.15, -0.1) is 0 Å². The Morgan fingerprint density at radius 2 is 1.70 bits per heavy atom. The zero-order valence-electron chi connectivity index (χ0n) is 13.1. The lowest BCUT2D eigenvalue weighted by Crippen LogP contribution is -2.55. The van der Waals surface area contributed by atoms with Gasteiger partial charge in [0.15, 0.2) is 0 Å². The van der Waals surface area contributed by atoms with Crippen molar-refractivity contribution in [1.29, 1.82) is 0 Å². The predicted octanol–water partition coefficient (Wildman–Crippen LogP) is 4.54. The molecule has 0 aromatic rings. The van der Waals surface area contributed by atoms with E-state index in [0.717, 1.165) is 29.7 Å². The van der Waals surface area contributed by atoms with E-state index in [4.69, 9.17) is 0 Å². The van der Waals surface area contributed by atoms with Crippen molar-refractivity contribution in [3.05, 3.63) is 12.2 Å². The molecule has 0 aromatic heterocycles. The number of nitrogens with one attached hydrogen (secondary N) is 1. The van der Waals surface area contributed by atoms with Crippen molar-refractivity contribution in [2.45, 2.75) is 70.8 Å². The van der Waals surface area contributed by atoms with Gasteiger partial charge in [0, 0.05) is 6.04 Å². The normalized spacial score (nSPS) is 47.6. The minimum atomic E-state index is 0.680. The van der Waals surface area contributed by atoms with Crippen LogP contribution in [0.5, 0.6) is 0 Å². The van der Waals surface area contributed by atoms with E-state index < -0.39 is 0 Å². The average Bonchev–Trinajstić information content (AvgIpc) is 2.44. The van der Waals surface area contributed by atoms with Crippen LogP contribution in [0.4, 0.5) is 0 Å². The summed E-state index contributed by atoms with van der Waals surface area (Å²) in [6.45, 7) is 3.76. The SMILES string of the molecule is CC(NCC1CC=CCC1)C12CC3CC(CC(C3)C1)C2. The first-order valence-electron chi connectivity index (χ1n) is 9.12. The Morgan fingerprint density at radius 3 is 2.25 bits per heavy atom. The molecule has 5 aliphatic carbocycles. The number of hydrogen-bond donors (Lipinski definition) is 1. The van der Waals surface area contributed by atoms with Crippen LogP contribution in [0, 0.1) is 29.1 Å². The lowest BCUT2D eigenvalue weighted by atomic mass is 9.48. The van der Waals surface area contributed by atoms with Crippen LogP contribution < -0.4 is 5.32 Å². The summed E-state index contributed by atoms with van der Waals surface area (Å²) in [5, 5.41) is 3.98. The van der Waals surface area contributed by atoms with Gasteiger partial charge >= 0.3 is 0 Å². The van der Waals surface area contributed by atoms with Gasteiger partial charge in [0.25, 0.3) is 0 Å². The van der Waals surface area contributed by atoms with Gasteiger partial charge in [0.2, 0.25) is 0 Å². The molecule has 0 radical (unpaired) electrons. The van der Waals surface area contributed by atoms with Crippen molar-refractivity contribution in [2.75, 3.05) is 6.54 Å². The molecule has 2 atom stereocenters. The number of hydrogen-bond acceptors (Lipinski definition) is 1. The van der Waals surface area contributed by atoms with Crippen LogP contribution in [0.25, 0.3) is 0 Å². The Labute approximate surface area is 124 Å². The van der Waals surface area contributed by atoms with E-state index in [-0.39, 0.29) is 0 Å². The molecule has 4 fully saturated rings. The van der Waals surface area contributed by atoms with Gasteiger partial charge in [-0.25, -0.2) is 0 Å². The first-order chi connectivity index (χ1) is 9.73. The van der Waals surface area contributed by atoms with Crippen molar-refractivity contribution in [3.8, 4) is 0 Å². The summed E-state index contributed by atoms with van der Waals surface area (Å²) in [5.41, 5.74) is 0.680. The second-order valence-corrected chi connectivity index (χ2v) is 8.56. The first-order valence-corrected chi connectivity index (χ1v) is 9.12. The lowest BCUT2D eigenvalue weighted by Gasteiger charge is -2.59. The molecular weight excluding hydrogens is 242 g/mol. The maximum absolute atomic E-state index is 3.98. The highest BCUT2D eigenvalue weighted by Gasteiger charge is 2.52. The number of allylic oxidation sites excluding steroid dienone is 2. The molecule has 0 spiro atoms. The molecule has 0 saturated heterocycles. The molecular formula is C19H31N. The van der Waals surface area contributed by atoms with Crippen molar-refractivity contribution < 1.29 is 0 Å². The molecule has 0 aromatic carbocycles. The molecule has 0 aliphatic heterocycles. The van der Waals surface area contributed by atoms with E-state index in [1.807, 2.05) is 0 Å². The molecule has 1 heteroatoms. The van der Waals surface area contributed by atoms with Gasteiger partial charge in [-0.05, 0) is 100 Å². The summed E-state index contributed by atoms with van der Waals surface area (Å²) in [4.78, 5) is 0. The van der Waals surface area contributed by atoms with Gasteiger partial charge in [-0.3, -0.25) is 0 Å². The molecule has 5 rings (SSSR count). The topological polar surface area (TPSA) is 12.0 Å². The molecule has 5 aliphatic rings. The van der Waals surface area contributed by atoms with Crippen LogP contribution in [-0.2, 0) is 0 Å². The highest BCUT2D eigenvalue weighted by atomic mass is 14.9. The van der Waals surface area contributed by atoms with Gasteiger partial charge < -0.3 is 5.32 Å². The lowest BCUT2D eigenvalue weighted by molar-refractivity contribution is -0.0708. The molecule has 20 heavy (non-hydrogen) atoms. The fraction of sp³-hybridized carbons (Fsp3) is 0.895. The van der Waals surface area contributed by atoms with Crippen molar-refractivity contribution in [3.63, 3.8) is 0 Å². The molecule has 0 heterocycles. The highest BCUT2D eigenvalue weighted by Crippen LogP contribution is 2.61. The van der Waals surface area contributed by atoms with Crippen molar-refractivity contribution in [2.24, 2.45) is 29.1 Å². The summed E-state index contributed by atoms with van der Waals surface area (Å²) in [5.74, 6) is 4.16. The zero-order valence-corrected chi connectivity index (χ0v) is 13.1. The Balaban J connectivity index is 1.38. The van der Waals surface area contributed by atoms with Crippen LogP contribution in [-0.4, -0.2) is 12.6 Å². The third kappa shape index (κ3) is 2.36. The Kier molecular flexibility index (Phi) is 3.45. The third-order valence-electron chi connectivity index (χ3n) is 7.09. The van der Waals surface area contributed by atoms with Crippen LogP contribution in [0.3, 0.4) is 0 Å². The Morgan fingerprint density at radius 1 is 1.05 bits per heavy atom. The molecule has 4 bridgehead atoms. The van der Waals surface area contributed by atoms with Crippen LogP contribution in [0.15, 0.2) is 12.2 Å². The number of rotatable bonds is 4. The second kappa shape index (κ2) is 5.16. The first kappa shape index (κ1) is 13.4. The molecule has 4 saturated carbocycles. The van der Waals surface area contributed by atoms with Crippen molar-refractivity contribution in [1.82, 2.24) is 5.32 Å². The Hall–Kier alpha value is -0.300. The largest absolute Gasteiger partial charge is 0.313 e. The highest BCUT2D eigenvalue weighted by molar-refractivity contribution is 5.05. The van der Waals surface area contributed by atoms with E-state index in [1.54, 1.807) is 38.5 Å². The molecule has 112 valence electrons. The van der Waals surface area contributed by atoms with E-state index in [1.165, 1.54) is 25.8 Å². The molecule has 1 nitrogen and oxygen atoms in total. The maximum Gasteiger partial charge on any atom is 0.00956 e. The van der Waals surface area contributed by atoms with E-state index in [0.29, 0.717) is 5.41 Å². The predicted molar refractivity (Wildman–Crippen MR) is 84.6 cm³/mol. The van der Waals surface area contributed by atoms with Gasteiger partial charge in [-0.2, -0.15) is 0 Å². The summed E-state index contributed by atoms with van der Waals surface area (Å²) < 4.78 is 0. The average molecular weight is 273 g/mol. The monoisotopic (exact) mass is 273 g/mol. The molecule has 0 amide bonds. The van der Waals surface area contributed by atoms with Gasteiger partial charge in [-0.1, -0.05) is 12.2 Å². The summed E-state index contributed by atoms with van der Waals surface area (Å²) in [6, 6.07) is 0.752. The summed E-state index contributed by atoms with van der Waals surface area (Å²) in [6.07, 6.45) is 18.1. The van der Waals surface area contributed by atoms with E-state index in [9.17, 15) is 0 Å². The van der Waals surface area contributed by atoms with Gasteiger partial charge in [0.1, 0.15) is 0 Å². The molecule has 1 N–H and O–H groups in total. The maximum atomic E-state index is 3.98. The fourth-order valence-corrected chi connectivity index (χ4v) is 6.31. The van der Waals surface area contributed by atoms with Crippen LogP contribution >= 0.6 is 0 Å². The zero-order chi connectivity index (χ0) is 13.6. The van der Waals surface area contributed by atoms with Crippen LogP contribution in [0.1, 0.15) is 64.7 Å². The minimum absolute atomic E-state index is 0.680. The molecule has 2 unspecified atom stereocenters. The summed E-state index contributed by atoms with van der Waals surface area (Å²) in [7, 11) is 0. The van der Waals surface area contributed by atoms with Crippen molar-refractivity contribution >= 4 is 0 Å². The van der Waals surface area contributed by atoms with Crippen LogP contribution in [0.2, 0.25) is 0 Å². The quantitative estimate of drug-likeness (QED) is 0.742. The standard InChI is InChI=1S/C19H31N/c1-14(20-13-15-5-3-2-4-6-15)19-10-16-7-17(11-19)9-18(8-16)12-19/h2-3,14-18,20H,4-13H2,1H3. The third-order valence-corrected chi connectivity index (χ3v) is 7.09. The second-order valence-electron chi connectivity index (χ2n) is 8.56. The fourth-order valence-electron chi connectivity index (χ4n) is 6.31. The van der Waals surface area contributed by atoms with E-state index in [2.05, 4.69) is 24.4 Å². The minimum Gasteiger partial charge on any atom is -0.313 e. The summed E-state index contributed by atoms with van der Waals surface area (Å²) >= 11 is 0.